The van der Waals surface area contributed by atoms with Crippen LogP contribution in [0.4, 0.5) is 5.69 Å². The predicted octanol–water partition coefficient (Wildman–Crippen LogP) is 1.11. The van der Waals surface area contributed by atoms with E-state index in [1.54, 1.807) is 11.8 Å². The molecule has 0 radical (unpaired) electrons. The quantitative estimate of drug-likeness (QED) is 0.640. The summed E-state index contributed by atoms with van der Waals surface area (Å²) in [5.41, 5.74) is 8.46. The molecule has 0 aliphatic carbocycles. The Morgan fingerprint density at radius 2 is 2.16 bits per heavy atom. The van der Waals surface area contributed by atoms with Gasteiger partial charge in [-0.1, -0.05) is 6.07 Å². The Bertz CT molecular complexity index is 513. The topological polar surface area (TPSA) is 72.6 Å². The summed E-state index contributed by atoms with van der Waals surface area (Å²) in [6, 6.07) is 5.04. The van der Waals surface area contributed by atoms with Crippen molar-refractivity contribution in [3.8, 4) is 0 Å². The molecule has 2 N–H and O–H groups in total. The minimum atomic E-state index is -0.534. The van der Waals surface area contributed by atoms with Crippen molar-refractivity contribution in [2.75, 3.05) is 12.3 Å². The maximum Gasteiger partial charge on any atom is 0.329 e. The molecule has 0 saturated heterocycles. The van der Waals surface area contributed by atoms with Crippen LogP contribution in [0.2, 0.25) is 0 Å². The van der Waals surface area contributed by atoms with Gasteiger partial charge in [0.2, 0.25) is 5.91 Å². The molecule has 1 aliphatic heterocycles. The number of fused-ring (bicyclic) bond motifs is 1. The van der Waals surface area contributed by atoms with Gasteiger partial charge in [0.25, 0.3) is 0 Å². The van der Waals surface area contributed by atoms with Gasteiger partial charge in [0.1, 0.15) is 6.04 Å². The number of amides is 1. The third kappa shape index (κ3) is 2.70. The van der Waals surface area contributed by atoms with Gasteiger partial charge >= 0.3 is 5.97 Å². The van der Waals surface area contributed by atoms with Gasteiger partial charge in [-0.15, -0.1) is 0 Å². The smallest absolute Gasteiger partial charge is 0.329 e. The van der Waals surface area contributed by atoms with E-state index in [9.17, 15) is 9.59 Å². The Hall–Kier alpha value is -2.04. The number of nitrogen functional groups attached to an aromatic ring is 1. The van der Waals surface area contributed by atoms with Crippen molar-refractivity contribution >= 4 is 17.6 Å². The third-order valence-electron chi connectivity index (χ3n) is 3.32. The predicted molar refractivity (Wildman–Crippen MR) is 71.2 cm³/mol. The monoisotopic (exact) mass is 262 g/mol. The molecular weight excluding hydrogens is 244 g/mol. The summed E-state index contributed by atoms with van der Waals surface area (Å²) in [5, 5.41) is 0. The number of esters is 1. The van der Waals surface area contributed by atoms with Crippen molar-refractivity contribution in [1.29, 1.82) is 0 Å². The maximum absolute atomic E-state index is 11.9. The summed E-state index contributed by atoms with van der Waals surface area (Å²) in [4.78, 5) is 25.2. The molecule has 5 heteroatoms. The van der Waals surface area contributed by atoms with Gasteiger partial charge in [0.15, 0.2) is 0 Å². The summed E-state index contributed by atoms with van der Waals surface area (Å²) < 4.78 is 5.04. The molecule has 2 rings (SSSR count). The van der Waals surface area contributed by atoms with Crippen LogP contribution in [0.1, 0.15) is 25.0 Å². The Morgan fingerprint density at radius 1 is 1.42 bits per heavy atom. The second-order valence-corrected chi connectivity index (χ2v) is 4.65. The molecule has 0 bridgehead atoms. The normalized spacial score (nSPS) is 17.8. The first kappa shape index (κ1) is 13.4. The lowest BCUT2D eigenvalue weighted by molar-refractivity contribution is -0.155. The highest BCUT2D eigenvalue weighted by molar-refractivity contribution is 5.84. The number of rotatable bonds is 2. The molecule has 5 nitrogen and oxygen atoms in total. The summed E-state index contributed by atoms with van der Waals surface area (Å²) >= 11 is 0. The van der Waals surface area contributed by atoms with Crippen molar-refractivity contribution in [3.05, 3.63) is 29.3 Å². The van der Waals surface area contributed by atoms with E-state index in [4.69, 9.17) is 10.5 Å². The standard InChI is InChI=1S/C14H18N2O3/c1-3-19-14(18)13-7-10-4-5-12(15)6-11(10)8-16(13)9(2)17/h4-6,13H,3,7-8,15H2,1-2H3/t13-/m0/s1. The molecule has 0 unspecified atom stereocenters. The number of hydrogen-bond acceptors (Lipinski definition) is 4. The minimum Gasteiger partial charge on any atom is -0.464 e. The van der Waals surface area contributed by atoms with Crippen LogP contribution >= 0.6 is 0 Å². The molecule has 102 valence electrons. The van der Waals surface area contributed by atoms with Crippen molar-refractivity contribution in [2.24, 2.45) is 0 Å². The zero-order chi connectivity index (χ0) is 14.0. The largest absolute Gasteiger partial charge is 0.464 e. The van der Waals surface area contributed by atoms with Gasteiger partial charge in [-0.05, 0) is 30.2 Å². The number of nitrogens with two attached hydrogens (primary N) is 1. The summed E-state index contributed by atoms with van der Waals surface area (Å²) in [6.07, 6.45) is 0.480. The number of carbonyl (C=O) groups is 2. The summed E-state index contributed by atoms with van der Waals surface area (Å²) in [5.74, 6) is -0.480. The van der Waals surface area contributed by atoms with Gasteiger partial charge in [-0.2, -0.15) is 0 Å². The van der Waals surface area contributed by atoms with E-state index < -0.39 is 6.04 Å². The van der Waals surface area contributed by atoms with Gasteiger partial charge in [-0.25, -0.2) is 4.79 Å². The third-order valence-corrected chi connectivity index (χ3v) is 3.32. The molecule has 0 aromatic heterocycles. The average molecular weight is 262 g/mol. The molecule has 1 aliphatic rings. The van der Waals surface area contributed by atoms with Gasteiger partial charge in [-0.3, -0.25) is 4.79 Å². The number of carbonyl (C=O) groups excluding carboxylic acids is 2. The number of anilines is 1. The SMILES string of the molecule is CCOC(=O)[C@@H]1Cc2ccc(N)cc2CN1C(C)=O. The van der Waals surface area contributed by atoms with E-state index in [-0.39, 0.29) is 11.9 Å². The molecule has 1 heterocycles. The van der Waals surface area contributed by atoms with Crippen molar-refractivity contribution < 1.29 is 14.3 Å². The summed E-state index contributed by atoms with van der Waals surface area (Å²) in [6.45, 7) is 3.94. The number of benzene rings is 1. The first-order valence-corrected chi connectivity index (χ1v) is 6.34. The fraction of sp³-hybridized carbons (Fsp3) is 0.429. The highest BCUT2D eigenvalue weighted by Gasteiger charge is 2.34. The van der Waals surface area contributed by atoms with Crippen molar-refractivity contribution in [3.63, 3.8) is 0 Å². The minimum absolute atomic E-state index is 0.133. The van der Waals surface area contributed by atoms with E-state index >= 15 is 0 Å². The van der Waals surface area contributed by atoms with Crippen LogP contribution in [0.5, 0.6) is 0 Å². The van der Waals surface area contributed by atoms with Gasteiger partial charge in [0.05, 0.1) is 6.61 Å². The maximum atomic E-state index is 11.9. The number of hydrogen-bond donors (Lipinski definition) is 1. The zero-order valence-electron chi connectivity index (χ0n) is 11.2. The first-order valence-electron chi connectivity index (χ1n) is 6.34. The molecule has 0 spiro atoms. The van der Waals surface area contributed by atoms with E-state index in [1.807, 2.05) is 18.2 Å². The van der Waals surface area contributed by atoms with E-state index in [0.29, 0.717) is 25.3 Å². The molecule has 19 heavy (non-hydrogen) atoms. The fourth-order valence-electron chi connectivity index (χ4n) is 2.38. The zero-order valence-corrected chi connectivity index (χ0v) is 11.2. The van der Waals surface area contributed by atoms with Crippen molar-refractivity contribution in [2.45, 2.75) is 32.9 Å². The Labute approximate surface area is 112 Å². The van der Waals surface area contributed by atoms with E-state index in [0.717, 1.165) is 11.1 Å². The van der Waals surface area contributed by atoms with Crippen LogP contribution in [0.3, 0.4) is 0 Å². The van der Waals surface area contributed by atoms with E-state index in [2.05, 4.69) is 0 Å². The lowest BCUT2D eigenvalue weighted by atomic mass is 9.93. The Morgan fingerprint density at radius 3 is 2.79 bits per heavy atom. The molecule has 0 fully saturated rings. The molecular formula is C14H18N2O3. The van der Waals surface area contributed by atoms with Crippen molar-refractivity contribution in [1.82, 2.24) is 4.90 Å². The Kier molecular flexibility index (Phi) is 3.74. The highest BCUT2D eigenvalue weighted by Crippen LogP contribution is 2.26. The van der Waals surface area contributed by atoms with Crippen LogP contribution in [-0.2, 0) is 27.3 Å². The average Bonchev–Trinajstić information content (AvgIpc) is 2.37. The fourth-order valence-corrected chi connectivity index (χ4v) is 2.38. The van der Waals surface area contributed by atoms with Gasteiger partial charge in [0, 0.05) is 25.6 Å². The second kappa shape index (κ2) is 5.30. The number of ether oxygens (including phenoxy) is 1. The lowest BCUT2D eigenvalue weighted by Crippen LogP contribution is -2.48. The van der Waals surface area contributed by atoms with E-state index in [1.165, 1.54) is 6.92 Å². The second-order valence-electron chi connectivity index (χ2n) is 4.65. The molecule has 1 aromatic carbocycles. The first-order chi connectivity index (χ1) is 9.02. The summed E-state index contributed by atoms with van der Waals surface area (Å²) in [7, 11) is 0. The van der Waals surface area contributed by atoms with Crippen LogP contribution < -0.4 is 5.73 Å². The van der Waals surface area contributed by atoms with Gasteiger partial charge < -0.3 is 15.4 Å². The van der Waals surface area contributed by atoms with Crippen LogP contribution in [0.15, 0.2) is 18.2 Å². The number of nitrogens with zero attached hydrogens (tertiary/aromatic N) is 1. The molecule has 1 atom stereocenters. The molecule has 1 amide bonds. The van der Waals surface area contributed by atoms with Crippen LogP contribution in [0.25, 0.3) is 0 Å². The molecule has 0 saturated carbocycles. The van der Waals surface area contributed by atoms with Crippen LogP contribution in [-0.4, -0.2) is 29.4 Å². The van der Waals surface area contributed by atoms with Crippen LogP contribution in [0, 0.1) is 0 Å². The Balaban J connectivity index is 2.32. The lowest BCUT2D eigenvalue weighted by Gasteiger charge is -2.34. The highest BCUT2D eigenvalue weighted by atomic mass is 16.5. The molecule has 1 aromatic rings.